The van der Waals surface area contributed by atoms with E-state index >= 15 is 0 Å². The lowest BCUT2D eigenvalue weighted by molar-refractivity contribution is -0.139. The van der Waals surface area contributed by atoms with E-state index in [9.17, 15) is 9.59 Å². The molecule has 2 rings (SSSR count). The summed E-state index contributed by atoms with van der Waals surface area (Å²) in [7, 11) is 1.37. The van der Waals surface area contributed by atoms with Gasteiger partial charge in [0.2, 0.25) is 0 Å². The van der Waals surface area contributed by atoms with E-state index in [0.29, 0.717) is 18.4 Å². The largest absolute Gasteiger partial charge is 0.466 e. The molecule has 0 spiro atoms. The van der Waals surface area contributed by atoms with Gasteiger partial charge >= 0.3 is 5.97 Å². The van der Waals surface area contributed by atoms with Crippen LogP contribution in [0.25, 0.3) is 0 Å². The van der Waals surface area contributed by atoms with Crippen LogP contribution in [-0.4, -0.2) is 18.9 Å². The Labute approximate surface area is 95.2 Å². The minimum Gasteiger partial charge on any atom is -0.466 e. The molecule has 86 valence electrons. The Kier molecular flexibility index (Phi) is 2.30. The molecule has 0 unspecified atom stereocenters. The molecule has 0 aromatic heterocycles. The second-order valence-corrected chi connectivity index (χ2v) is 5.12. The van der Waals surface area contributed by atoms with Gasteiger partial charge in [0.25, 0.3) is 0 Å². The van der Waals surface area contributed by atoms with Crippen LogP contribution in [0.4, 0.5) is 0 Å². The Morgan fingerprint density at radius 3 is 2.69 bits per heavy atom. The van der Waals surface area contributed by atoms with E-state index in [1.807, 2.05) is 26.0 Å². The molecule has 2 aliphatic carbocycles. The van der Waals surface area contributed by atoms with Gasteiger partial charge in [-0.1, -0.05) is 25.2 Å². The van der Waals surface area contributed by atoms with Crippen LogP contribution in [0.2, 0.25) is 0 Å². The van der Waals surface area contributed by atoms with Crippen molar-refractivity contribution in [1.29, 1.82) is 0 Å². The molecule has 0 N–H and O–H groups in total. The predicted molar refractivity (Wildman–Crippen MR) is 59.7 cm³/mol. The third kappa shape index (κ3) is 1.42. The van der Waals surface area contributed by atoms with Crippen molar-refractivity contribution in [2.45, 2.75) is 26.7 Å². The number of allylic oxidation sites excluding steroid dienone is 3. The third-order valence-corrected chi connectivity index (χ3v) is 3.57. The molecule has 0 saturated heterocycles. The molecule has 2 atom stereocenters. The summed E-state index contributed by atoms with van der Waals surface area (Å²) in [6.45, 7) is 3.78. The fraction of sp³-hybridized carbons (Fsp3) is 0.538. The number of ether oxygens (including phenoxy) is 1. The molecule has 0 aromatic carbocycles. The van der Waals surface area contributed by atoms with Gasteiger partial charge in [-0.3, -0.25) is 4.79 Å². The van der Waals surface area contributed by atoms with Crippen LogP contribution >= 0.6 is 0 Å². The van der Waals surface area contributed by atoms with Gasteiger partial charge in [-0.15, -0.1) is 0 Å². The van der Waals surface area contributed by atoms with E-state index in [0.717, 1.165) is 0 Å². The van der Waals surface area contributed by atoms with Crippen LogP contribution in [0.5, 0.6) is 0 Å². The van der Waals surface area contributed by atoms with Crippen LogP contribution in [0.1, 0.15) is 26.7 Å². The van der Waals surface area contributed by atoms with Crippen molar-refractivity contribution < 1.29 is 14.3 Å². The van der Waals surface area contributed by atoms with Gasteiger partial charge < -0.3 is 4.74 Å². The summed E-state index contributed by atoms with van der Waals surface area (Å²) in [4.78, 5) is 23.8. The standard InChI is InChI=1S/C13H16O3/c1-12-5-4-6-13(2,11(12)15)8-9(7-12)10(14)16-3/h4-5,7H,6,8H2,1-3H3/t12-,13+/m0/s1. The fourth-order valence-electron chi connectivity index (χ4n) is 2.74. The summed E-state index contributed by atoms with van der Waals surface area (Å²) in [5.74, 6) is -0.115. The molecule has 16 heavy (non-hydrogen) atoms. The Morgan fingerprint density at radius 2 is 2.12 bits per heavy atom. The molecule has 0 fully saturated rings. The van der Waals surface area contributed by atoms with Crippen LogP contribution in [0, 0.1) is 10.8 Å². The fourth-order valence-corrected chi connectivity index (χ4v) is 2.74. The van der Waals surface area contributed by atoms with Crippen molar-refractivity contribution in [3.05, 3.63) is 23.8 Å². The van der Waals surface area contributed by atoms with Crippen molar-refractivity contribution in [3.63, 3.8) is 0 Å². The van der Waals surface area contributed by atoms with Gasteiger partial charge in [0.05, 0.1) is 12.5 Å². The number of methoxy groups -OCH3 is 1. The summed E-state index contributed by atoms with van der Waals surface area (Å²) in [5, 5.41) is 0. The number of esters is 1. The zero-order valence-corrected chi connectivity index (χ0v) is 9.87. The molecule has 0 saturated carbocycles. The Balaban J connectivity index is 2.50. The topological polar surface area (TPSA) is 43.4 Å². The van der Waals surface area contributed by atoms with E-state index in [-0.39, 0.29) is 11.8 Å². The Morgan fingerprint density at radius 1 is 1.44 bits per heavy atom. The maximum atomic E-state index is 12.3. The first-order valence-electron chi connectivity index (χ1n) is 5.44. The van der Waals surface area contributed by atoms with Crippen molar-refractivity contribution in [1.82, 2.24) is 0 Å². The lowest BCUT2D eigenvalue weighted by Crippen LogP contribution is -2.45. The summed E-state index contributed by atoms with van der Waals surface area (Å²) in [6.07, 6.45) is 6.86. The van der Waals surface area contributed by atoms with E-state index in [1.54, 1.807) is 6.08 Å². The molecule has 0 amide bonds. The zero-order chi connectivity index (χ0) is 12.0. The highest BCUT2D eigenvalue weighted by Gasteiger charge is 2.49. The zero-order valence-electron chi connectivity index (χ0n) is 9.87. The molecular formula is C13H16O3. The normalized spacial score (nSPS) is 36.9. The third-order valence-electron chi connectivity index (χ3n) is 3.57. The van der Waals surface area contributed by atoms with Gasteiger partial charge in [-0.2, -0.15) is 0 Å². The van der Waals surface area contributed by atoms with Crippen LogP contribution in [-0.2, 0) is 14.3 Å². The summed E-state index contributed by atoms with van der Waals surface area (Å²) >= 11 is 0. The molecule has 0 aliphatic heterocycles. The van der Waals surface area contributed by atoms with Gasteiger partial charge in [0.15, 0.2) is 5.78 Å². The summed E-state index contributed by atoms with van der Waals surface area (Å²) in [6, 6.07) is 0. The molecule has 0 heterocycles. The van der Waals surface area contributed by atoms with Gasteiger partial charge in [-0.05, 0) is 19.8 Å². The molecule has 0 radical (unpaired) electrons. The molecular weight excluding hydrogens is 204 g/mol. The number of hydrogen-bond donors (Lipinski definition) is 0. The maximum Gasteiger partial charge on any atom is 0.333 e. The SMILES string of the molecule is COC(=O)C1=C[C@]2(C)C=CC[C@](C)(C1)C2=O. The monoisotopic (exact) mass is 220 g/mol. The van der Waals surface area contributed by atoms with Crippen molar-refractivity contribution in [2.75, 3.05) is 7.11 Å². The van der Waals surface area contributed by atoms with Crippen molar-refractivity contribution >= 4 is 11.8 Å². The quantitative estimate of drug-likeness (QED) is 0.501. The van der Waals surface area contributed by atoms with Crippen LogP contribution in [0.15, 0.2) is 23.8 Å². The number of carbonyl (C=O) groups is 2. The lowest BCUT2D eigenvalue weighted by atomic mass is 9.59. The number of carbonyl (C=O) groups excluding carboxylic acids is 2. The molecule has 3 nitrogen and oxygen atoms in total. The lowest BCUT2D eigenvalue weighted by Gasteiger charge is -2.42. The minimum atomic E-state index is -0.630. The number of ketones is 1. The second-order valence-electron chi connectivity index (χ2n) is 5.12. The highest BCUT2D eigenvalue weighted by molar-refractivity contribution is 6.00. The van der Waals surface area contributed by atoms with Gasteiger partial charge in [0, 0.05) is 11.0 Å². The first kappa shape index (κ1) is 11.1. The highest BCUT2D eigenvalue weighted by atomic mass is 16.5. The molecule has 2 aliphatic rings. The number of hydrogen-bond acceptors (Lipinski definition) is 3. The van der Waals surface area contributed by atoms with Crippen molar-refractivity contribution in [2.24, 2.45) is 10.8 Å². The van der Waals surface area contributed by atoms with Gasteiger partial charge in [0.1, 0.15) is 0 Å². The van der Waals surface area contributed by atoms with Gasteiger partial charge in [-0.25, -0.2) is 4.79 Å². The minimum absolute atomic E-state index is 0.204. The predicted octanol–water partition coefficient (Wildman–Crippen LogP) is 2.03. The number of Topliss-reactive ketones (excluding diaryl/α,β-unsaturated/α-hetero) is 1. The maximum absolute atomic E-state index is 12.3. The van der Waals surface area contributed by atoms with Crippen molar-refractivity contribution in [3.8, 4) is 0 Å². The first-order valence-corrected chi connectivity index (χ1v) is 5.44. The second kappa shape index (κ2) is 3.30. The van der Waals surface area contributed by atoms with Crippen LogP contribution in [0.3, 0.4) is 0 Å². The smallest absolute Gasteiger partial charge is 0.333 e. The Hall–Kier alpha value is -1.38. The van der Waals surface area contributed by atoms with E-state index < -0.39 is 10.8 Å². The molecule has 3 heteroatoms. The molecule has 2 bridgehead atoms. The number of fused-ring (bicyclic) bond motifs is 2. The number of rotatable bonds is 1. The van der Waals surface area contributed by atoms with Crippen LogP contribution < -0.4 is 0 Å². The van der Waals surface area contributed by atoms with E-state index in [1.165, 1.54) is 7.11 Å². The van der Waals surface area contributed by atoms with E-state index in [4.69, 9.17) is 4.74 Å². The van der Waals surface area contributed by atoms with E-state index in [2.05, 4.69) is 0 Å². The summed E-state index contributed by atoms with van der Waals surface area (Å²) in [5.41, 5.74) is -0.451. The highest BCUT2D eigenvalue weighted by Crippen LogP contribution is 2.48. The first-order chi connectivity index (χ1) is 7.41. The average Bonchev–Trinajstić information content (AvgIpc) is 2.22. The Bertz CT molecular complexity index is 419. The average molecular weight is 220 g/mol. The molecule has 0 aromatic rings. The summed E-state index contributed by atoms with van der Waals surface area (Å²) < 4.78 is 4.74.